The van der Waals surface area contributed by atoms with Gasteiger partial charge in [-0.3, -0.25) is 9.10 Å². The molecular weight excluding hydrogens is 416 g/mol. The van der Waals surface area contributed by atoms with Gasteiger partial charge in [-0.25, -0.2) is 8.42 Å². The molecule has 1 amide bonds. The summed E-state index contributed by atoms with van der Waals surface area (Å²) in [6, 6.07) is 16.5. The average Bonchev–Trinajstić information content (AvgIpc) is 3.22. The first kappa shape index (κ1) is 19.0. The van der Waals surface area contributed by atoms with Crippen molar-refractivity contribution >= 4 is 50.2 Å². The number of nitrogens with zero attached hydrogens (tertiary/aromatic N) is 1. The fraction of sp³-hybridized carbons (Fsp3) is 0.150. The van der Waals surface area contributed by atoms with Gasteiger partial charge in [-0.15, -0.1) is 11.3 Å². The Morgan fingerprint density at radius 1 is 1.11 bits per heavy atom. The molecule has 28 heavy (non-hydrogen) atoms. The lowest BCUT2D eigenvalue weighted by molar-refractivity contribution is -0.117. The van der Waals surface area contributed by atoms with E-state index in [1.165, 1.54) is 4.31 Å². The van der Waals surface area contributed by atoms with Crippen molar-refractivity contribution in [3.8, 4) is 0 Å². The Hall–Kier alpha value is -2.35. The highest BCUT2D eigenvalue weighted by atomic mass is 35.5. The Balaban J connectivity index is 1.74. The van der Waals surface area contributed by atoms with Crippen LogP contribution >= 0.6 is 22.9 Å². The van der Waals surface area contributed by atoms with E-state index in [-0.39, 0.29) is 10.1 Å². The zero-order valence-corrected chi connectivity index (χ0v) is 17.1. The number of aryl methyl sites for hydroxylation is 1. The molecule has 0 spiro atoms. The molecule has 0 fully saturated rings. The van der Waals surface area contributed by atoms with E-state index in [1.807, 2.05) is 12.1 Å². The van der Waals surface area contributed by atoms with Gasteiger partial charge in [0.15, 0.2) is 0 Å². The maximum atomic E-state index is 13.4. The number of benzene rings is 2. The van der Waals surface area contributed by atoms with Crippen molar-refractivity contribution in [2.75, 3.05) is 9.62 Å². The second kappa shape index (κ2) is 7.58. The number of anilines is 2. The fourth-order valence-electron chi connectivity index (χ4n) is 3.35. The van der Waals surface area contributed by atoms with Gasteiger partial charge in [0.1, 0.15) is 10.3 Å². The monoisotopic (exact) mass is 432 g/mol. The van der Waals surface area contributed by atoms with Crippen LogP contribution in [0.25, 0.3) is 0 Å². The van der Waals surface area contributed by atoms with Gasteiger partial charge < -0.3 is 5.32 Å². The lowest BCUT2D eigenvalue weighted by atomic mass is 9.97. The second-order valence-corrected chi connectivity index (χ2v) is 9.84. The Kier molecular flexibility index (Phi) is 5.14. The number of fused-ring (bicyclic) bond motifs is 1. The smallest absolute Gasteiger partial charge is 0.274 e. The molecule has 1 aliphatic heterocycles. The van der Waals surface area contributed by atoms with Crippen LogP contribution in [0, 0.1) is 0 Å². The highest BCUT2D eigenvalue weighted by molar-refractivity contribution is 7.94. The molecule has 0 radical (unpaired) electrons. The zero-order valence-electron chi connectivity index (χ0n) is 14.7. The Bertz CT molecular complexity index is 1110. The molecule has 0 saturated carbocycles. The molecule has 0 unspecified atom stereocenters. The minimum absolute atomic E-state index is 0.213. The number of nitrogens with one attached hydrogen (secondary N) is 1. The molecule has 8 heteroatoms. The standard InChI is InChI=1S/C20H17ClN2O3S2/c21-15-6-3-7-16(13-15)22-20(24)18-11-10-14-5-1-2-8-17(14)23(18)28(25,26)19-9-4-12-27-19/h1-9,12-13,18H,10-11H2,(H,22,24)/t18-/m1/s1. The molecule has 4 rings (SSSR count). The molecule has 1 N–H and O–H groups in total. The predicted molar refractivity (Wildman–Crippen MR) is 113 cm³/mol. The summed E-state index contributed by atoms with van der Waals surface area (Å²) in [5, 5.41) is 5.01. The molecule has 1 atom stereocenters. The van der Waals surface area contributed by atoms with Gasteiger partial charge in [-0.1, -0.05) is 41.9 Å². The van der Waals surface area contributed by atoms with E-state index in [1.54, 1.807) is 53.9 Å². The van der Waals surface area contributed by atoms with Crippen LogP contribution in [0.15, 0.2) is 70.3 Å². The number of sulfonamides is 1. The van der Waals surface area contributed by atoms with E-state index in [0.717, 1.165) is 16.9 Å². The maximum absolute atomic E-state index is 13.4. The van der Waals surface area contributed by atoms with Gasteiger partial charge in [0, 0.05) is 10.7 Å². The van der Waals surface area contributed by atoms with Crippen LogP contribution in [0.1, 0.15) is 12.0 Å². The van der Waals surface area contributed by atoms with Crippen molar-refractivity contribution in [3.05, 3.63) is 76.6 Å². The minimum Gasteiger partial charge on any atom is -0.324 e. The van der Waals surface area contributed by atoms with Crippen LogP contribution in [0.5, 0.6) is 0 Å². The van der Waals surface area contributed by atoms with Crippen molar-refractivity contribution in [1.82, 2.24) is 0 Å². The summed E-state index contributed by atoms with van der Waals surface area (Å²) in [6.07, 6.45) is 1.02. The Morgan fingerprint density at radius 2 is 1.93 bits per heavy atom. The van der Waals surface area contributed by atoms with Gasteiger partial charge in [0.2, 0.25) is 5.91 Å². The number of amides is 1. The fourth-order valence-corrected chi connectivity index (χ4v) is 6.30. The zero-order chi connectivity index (χ0) is 19.7. The first-order valence-electron chi connectivity index (χ1n) is 8.69. The SMILES string of the molecule is O=C(Nc1cccc(Cl)c1)[C@H]1CCc2ccccc2N1S(=O)(=O)c1cccs1. The number of carbonyl (C=O) groups excluding carboxylic acids is 1. The summed E-state index contributed by atoms with van der Waals surface area (Å²) in [6.45, 7) is 0. The molecule has 1 aromatic heterocycles. The highest BCUT2D eigenvalue weighted by Gasteiger charge is 2.40. The summed E-state index contributed by atoms with van der Waals surface area (Å²) in [5.41, 5.74) is 1.99. The van der Waals surface area contributed by atoms with Crippen LogP contribution in [0.4, 0.5) is 11.4 Å². The molecule has 1 aliphatic rings. The number of para-hydroxylation sites is 1. The third-order valence-corrected chi connectivity index (χ3v) is 8.03. The minimum atomic E-state index is -3.86. The van der Waals surface area contributed by atoms with Crippen molar-refractivity contribution in [2.45, 2.75) is 23.1 Å². The number of halogens is 1. The Labute approximate surface area is 172 Å². The van der Waals surface area contributed by atoms with E-state index < -0.39 is 16.1 Å². The lowest BCUT2D eigenvalue weighted by Gasteiger charge is -2.36. The molecule has 0 aliphatic carbocycles. The number of rotatable bonds is 4. The first-order chi connectivity index (χ1) is 13.5. The maximum Gasteiger partial charge on any atom is 0.274 e. The van der Waals surface area contributed by atoms with Gasteiger partial charge in [0.25, 0.3) is 10.0 Å². The number of carbonyl (C=O) groups is 1. The molecule has 3 aromatic rings. The van der Waals surface area contributed by atoms with E-state index in [9.17, 15) is 13.2 Å². The molecule has 0 saturated heterocycles. The van der Waals surface area contributed by atoms with Gasteiger partial charge >= 0.3 is 0 Å². The average molecular weight is 433 g/mol. The predicted octanol–water partition coefficient (Wildman–Crippen LogP) is 4.55. The molecule has 144 valence electrons. The molecule has 2 heterocycles. The first-order valence-corrected chi connectivity index (χ1v) is 11.4. The summed E-state index contributed by atoms with van der Waals surface area (Å²) in [7, 11) is -3.86. The topological polar surface area (TPSA) is 66.5 Å². The number of thiophene rings is 1. The van der Waals surface area contributed by atoms with Crippen LogP contribution in [-0.2, 0) is 21.2 Å². The summed E-state index contributed by atoms with van der Waals surface area (Å²) < 4.78 is 28.2. The summed E-state index contributed by atoms with van der Waals surface area (Å²) >= 11 is 7.13. The van der Waals surface area contributed by atoms with Crippen molar-refractivity contribution in [1.29, 1.82) is 0 Å². The lowest BCUT2D eigenvalue weighted by Crippen LogP contribution is -2.50. The largest absolute Gasteiger partial charge is 0.324 e. The van der Waals surface area contributed by atoms with Crippen molar-refractivity contribution < 1.29 is 13.2 Å². The number of hydrogen-bond donors (Lipinski definition) is 1. The van der Waals surface area contributed by atoms with E-state index in [2.05, 4.69) is 5.32 Å². The molecule has 0 bridgehead atoms. The van der Waals surface area contributed by atoms with Gasteiger partial charge in [-0.05, 0) is 54.1 Å². The second-order valence-electron chi connectivity index (χ2n) is 6.42. The van der Waals surface area contributed by atoms with Gasteiger partial charge in [0.05, 0.1) is 5.69 Å². The van der Waals surface area contributed by atoms with Crippen LogP contribution in [0.3, 0.4) is 0 Å². The summed E-state index contributed by atoms with van der Waals surface area (Å²) in [4.78, 5) is 13.1. The highest BCUT2D eigenvalue weighted by Crippen LogP contribution is 2.36. The third kappa shape index (κ3) is 3.53. The normalized spacial score (nSPS) is 16.5. The molecular formula is C20H17ClN2O3S2. The van der Waals surface area contributed by atoms with Crippen LogP contribution < -0.4 is 9.62 Å². The van der Waals surface area contributed by atoms with Crippen molar-refractivity contribution in [3.63, 3.8) is 0 Å². The summed E-state index contributed by atoms with van der Waals surface area (Å²) in [5.74, 6) is -0.378. The third-order valence-electron chi connectivity index (χ3n) is 4.60. The van der Waals surface area contributed by atoms with E-state index in [0.29, 0.717) is 29.2 Å². The number of hydrogen-bond acceptors (Lipinski definition) is 4. The Morgan fingerprint density at radius 3 is 2.68 bits per heavy atom. The van der Waals surface area contributed by atoms with E-state index >= 15 is 0 Å². The molecule has 5 nitrogen and oxygen atoms in total. The van der Waals surface area contributed by atoms with Crippen LogP contribution in [0.2, 0.25) is 5.02 Å². The van der Waals surface area contributed by atoms with Crippen LogP contribution in [-0.4, -0.2) is 20.4 Å². The van der Waals surface area contributed by atoms with Crippen molar-refractivity contribution in [2.24, 2.45) is 0 Å². The van der Waals surface area contributed by atoms with E-state index in [4.69, 9.17) is 11.6 Å². The quantitative estimate of drug-likeness (QED) is 0.657. The van der Waals surface area contributed by atoms with Gasteiger partial charge in [-0.2, -0.15) is 0 Å². The molecule has 2 aromatic carbocycles.